The highest BCUT2D eigenvalue weighted by atomic mass is 16.2. The number of nitrogens with zero attached hydrogens (tertiary/aromatic N) is 5. The lowest BCUT2D eigenvalue weighted by molar-refractivity contribution is -0.137. The minimum atomic E-state index is -0.0821. The van der Waals surface area contributed by atoms with E-state index in [1.807, 2.05) is 47.5 Å². The number of fused-ring (bicyclic) bond motifs is 1. The second-order valence-corrected chi connectivity index (χ2v) is 8.83. The van der Waals surface area contributed by atoms with E-state index in [1.165, 1.54) is 10.6 Å². The number of amides is 2. The van der Waals surface area contributed by atoms with Crippen LogP contribution in [-0.2, 0) is 16.1 Å². The molecule has 2 aliphatic rings. The Balaban J connectivity index is 1.09. The molecule has 0 radical (unpaired) electrons. The molecule has 1 fully saturated rings. The van der Waals surface area contributed by atoms with Crippen LogP contribution in [-0.4, -0.2) is 70.0 Å². The first-order valence-corrected chi connectivity index (χ1v) is 11.9. The zero-order valence-corrected chi connectivity index (χ0v) is 19.3. The number of hydrogen-bond donors (Lipinski definition) is 0. The van der Waals surface area contributed by atoms with Crippen molar-refractivity contribution in [3.05, 3.63) is 78.0 Å². The Morgan fingerprint density at radius 3 is 2.38 bits per heavy atom. The molecule has 0 N–H and O–H groups in total. The van der Waals surface area contributed by atoms with E-state index in [1.54, 1.807) is 0 Å². The fraction of sp³-hybridized carbons (Fsp3) is 0.333. The van der Waals surface area contributed by atoms with Gasteiger partial charge in [0.1, 0.15) is 0 Å². The molecule has 7 heteroatoms. The fourth-order valence-electron chi connectivity index (χ4n) is 4.66. The van der Waals surface area contributed by atoms with Crippen LogP contribution >= 0.6 is 0 Å². The number of pyridine rings is 1. The van der Waals surface area contributed by atoms with Crippen LogP contribution in [0.5, 0.6) is 0 Å². The maximum absolute atomic E-state index is 12.7. The third-order valence-electron chi connectivity index (χ3n) is 6.58. The van der Waals surface area contributed by atoms with Crippen molar-refractivity contribution < 1.29 is 9.59 Å². The topological polar surface area (TPSA) is 69.1 Å². The Bertz CT molecular complexity index is 1200. The molecular formula is C27H29N5O2. The summed E-state index contributed by atoms with van der Waals surface area (Å²) in [5, 5.41) is 7.15. The number of benzene rings is 2. The molecule has 34 heavy (non-hydrogen) atoms. The summed E-state index contributed by atoms with van der Waals surface area (Å²) in [5.41, 5.74) is 4.23. The molecule has 2 amide bonds. The van der Waals surface area contributed by atoms with Crippen molar-refractivity contribution in [2.45, 2.75) is 25.8 Å². The van der Waals surface area contributed by atoms with Crippen molar-refractivity contribution in [1.82, 2.24) is 19.8 Å². The third-order valence-corrected chi connectivity index (χ3v) is 6.58. The van der Waals surface area contributed by atoms with Gasteiger partial charge >= 0.3 is 0 Å². The molecule has 2 aromatic carbocycles. The molecule has 1 saturated heterocycles. The minimum absolute atomic E-state index is 0.0475. The predicted octanol–water partition coefficient (Wildman–Crippen LogP) is 3.30. The molecule has 0 saturated carbocycles. The van der Waals surface area contributed by atoms with Crippen molar-refractivity contribution in [2.24, 2.45) is 5.10 Å². The number of para-hydroxylation sites is 1. The van der Waals surface area contributed by atoms with Gasteiger partial charge in [0.25, 0.3) is 0 Å². The smallest absolute Gasteiger partial charge is 0.243 e. The monoisotopic (exact) mass is 455 g/mol. The average Bonchev–Trinajstić information content (AvgIpc) is 3.39. The third kappa shape index (κ3) is 4.99. The summed E-state index contributed by atoms with van der Waals surface area (Å²) < 4.78 is 0. The highest BCUT2D eigenvalue weighted by molar-refractivity contribution is 6.02. The van der Waals surface area contributed by atoms with Gasteiger partial charge in [0.15, 0.2) is 0 Å². The lowest BCUT2D eigenvalue weighted by Crippen LogP contribution is -2.48. The Morgan fingerprint density at radius 2 is 1.56 bits per heavy atom. The van der Waals surface area contributed by atoms with E-state index >= 15 is 0 Å². The van der Waals surface area contributed by atoms with Crippen LogP contribution in [0.1, 0.15) is 30.4 Å². The Hall–Kier alpha value is -3.58. The van der Waals surface area contributed by atoms with Crippen molar-refractivity contribution >= 4 is 28.4 Å². The molecule has 5 rings (SSSR count). The van der Waals surface area contributed by atoms with Gasteiger partial charge < -0.3 is 4.90 Å². The second kappa shape index (κ2) is 10.1. The van der Waals surface area contributed by atoms with Gasteiger partial charge in [-0.2, -0.15) is 5.10 Å². The van der Waals surface area contributed by atoms with E-state index in [9.17, 15) is 9.59 Å². The molecule has 2 aliphatic heterocycles. The Labute approximate surface area is 199 Å². The first-order valence-electron chi connectivity index (χ1n) is 11.9. The van der Waals surface area contributed by atoms with E-state index in [4.69, 9.17) is 0 Å². The summed E-state index contributed by atoms with van der Waals surface area (Å²) in [6.07, 6.45) is 3.02. The van der Waals surface area contributed by atoms with E-state index in [0.717, 1.165) is 48.2 Å². The van der Waals surface area contributed by atoms with Gasteiger partial charge in [-0.25, -0.2) is 5.01 Å². The molecule has 174 valence electrons. The maximum atomic E-state index is 12.7. The number of rotatable bonds is 6. The van der Waals surface area contributed by atoms with Gasteiger partial charge in [0.2, 0.25) is 11.8 Å². The Morgan fingerprint density at radius 1 is 0.794 bits per heavy atom. The van der Waals surface area contributed by atoms with Crippen molar-refractivity contribution in [1.29, 1.82) is 0 Å². The van der Waals surface area contributed by atoms with Crippen LogP contribution in [0.4, 0.5) is 0 Å². The zero-order valence-electron chi connectivity index (χ0n) is 19.3. The molecule has 0 atom stereocenters. The number of carbonyl (C=O) groups excluding carboxylic acids is 2. The molecule has 0 spiro atoms. The standard InChI is InChI=1S/C27H29N5O2/c33-25(11-12-26(34)32-15-13-24(29-32)21-6-2-1-3-7-21)31-18-16-30(17-19-31)20-23-9-4-8-22-10-5-14-28-27(22)23/h1-10,14H,11-13,15-20H2. The number of carbonyl (C=O) groups is 2. The van der Waals surface area contributed by atoms with Crippen LogP contribution in [0, 0.1) is 0 Å². The van der Waals surface area contributed by atoms with Gasteiger partial charge in [0, 0.05) is 63.6 Å². The van der Waals surface area contributed by atoms with Gasteiger partial charge in [0.05, 0.1) is 17.8 Å². The van der Waals surface area contributed by atoms with Crippen LogP contribution in [0.25, 0.3) is 10.9 Å². The molecule has 1 aromatic heterocycles. The summed E-state index contributed by atoms with van der Waals surface area (Å²) in [6.45, 7) is 4.42. The van der Waals surface area contributed by atoms with E-state index < -0.39 is 0 Å². The summed E-state index contributed by atoms with van der Waals surface area (Å²) >= 11 is 0. The van der Waals surface area contributed by atoms with Crippen LogP contribution in [0.15, 0.2) is 72.0 Å². The molecule has 0 bridgehead atoms. The molecule has 7 nitrogen and oxygen atoms in total. The number of hydrazone groups is 1. The summed E-state index contributed by atoms with van der Waals surface area (Å²) in [7, 11) is 0. The fourth-order valence-corrected chi connectivity index (χ4v) is 4.66. The first kappa shape index (κ1) is 22.2. The van der Waals surface area contributed by atoms with E-state index in [-0.39, 0.29) is 24.7 Å². The van der Waals surface area contributed by atoms with Gasteiger partial charge in [-0.3, -0.25) is 19.5 Å². The van der Waals surface area contributed by atoms with Gasteiger partial charge in [-0.1, -0.05) is 54.6 Å². The Kier molecular flexibility index (Phi) is 6.62. The highest BCUT2D eigenvalue weighted by Gasteiger charge is 2.25. The van der Waals surface area contributed by atoms with Crippen LogP contribution < -0.4 is 0 Å². The normalized spacial score (nSPS) is 16.6. The van der Waals surface area contributed by atoms with Crippen LogP contribution in [0.2, 0.25) is 0 Å². The van der Waals surface area contributed by atoms with E-state index in [2.05, 4.69) is 39.3 Å². The number of aromatic nitrogens is 1. The van der Waals surface area contributed by atoms with Crippen molar-refractivity contribution in [3.8, 4) is 0 Å². The van der Waals surface area contributed by atoms with E-state index in [0.29, 0.717) is 19.6 Å². The molecular weight excluding hydrogens is 426 g/mol. The van der Waals surface area contributed by atoms with Crippen LogP contribution in [0.3, 0.4) is 0 Å². The zero-order chi connectivity index (χ0) is 23.3. The largest absolute Gasteiger partial charge is 0.340 e. The average molecular weight is 456 g/mol. The quantitative estimate of drug-likeness (QED) is 0.572. The summed E-state index contributed by atoms with van der Waals surface area (Å²) in [5.74, 6) is -0.0346. The number of hydrogen-bond acceptors (Lipinski definition) is 5. The predicted molar refractivity (Wildman–Crippen MR) is 132 cm³/mol. The lowest BCUT2D eigenvalue weighted by atomic mass is 10.1. The highest BCUT2D eigenvalue weighted by Crippen LogP contribution is 2.19. The molecule has 0 aliphatic carbocycles. The lowest BCUT2D eigenvalue weighted by Gasteiger charge is -2.35. The van der Waals surface area contributed by atoms with Gasteiger partial charge in [-0.05, 0) is 17.2 Å². The second-order valence-electron chi connectivity index (χ2n) is 8.83. The minimum Gasteiger partial charge on any atom is -0.340 e. The summed E-state index contributed by atoms with van der Waals surface area (Å²) in [4.78, 5) is 34.1. The molecule has 0 unspecified atom stereocenters. The first-order chi connectivity index (χ1) is 16.7. The van der Waals surface area contributed by atoms with Gasteiger partial charge in [-0.15, -0.1) is 0 Å². The molecule has 3 aromatic rings. The van der Waals surface area contributed by atoms with Crippen molar-refractivity contribution in [3.63, 3.8) is 0 Å². The SMILES string of the molecule is O=C(CCC(=O)N1CCC(c2ccccc2)=N1)N1CCN(Cc2cccc3cccnc23)CC1. The van der Waals surface area contributed by atoms with Crippen molar-refractivity contribution in [2.75, 3.05) is 32.7 Å². The molecule has 3 heterocycles. The summed E-state index contributed by atoms with van der Waals surface area (Å²) in [6, 6.07) is 20.2. The number of piperazine rings is 1. The maximum Gasteiger partial charge on any atom is 0.243 e.